The molecule has 0 bridgehead atoms. The standard InChI is InChI=1S/C25H21N3OS/c1-28(16-17-10-12-26-13-11-17)25(29)23-20-6-2-3-7-22(20)27-24-18(8-9-21(23)24)15-19-5-4-14-30-19/h2-7,10-15H,8-9,16H2,1H3/b18-15+. The highest BCUT2D eigenvalue weighted by molar-refractivity contribution is 7.10. The van der Waals surface area contributed by atoms with Gasteiger partial charge in [-0.05, 0) is 65.3 Å². The molecule has 0 saturated carbocycles. The maximum Gasteiger partial charge on any atom is 0.254 e. The highest BCUT2D eigenvalue weighted by atomic mass is 32.1. The van der Waals surface area contributed by atoms with Crippen molar-refractivity contribution in [1.82, 2.24) is 14.9 Å². The van der Waals surface area contributed by atoms with Crippen LogP contribution < -0.4 is 0 Å². The summed E-state index contributed by atoms with van der Waals surface area (Å²) in [7, 11) is 1.86. The van der Waals surface area contributed by atoms with Gasteiger partial charge in [0.15, 0.2) is 0 Å². The number of rotatable bonds is 4. The van der Waals surface area contributed by atoms with E-state index in [9.17, 15) is 4.79 Å². The minimum Gasteiger partial charge on any atom is -0.337 e. The molecule has 1 aliphatic rings. The van der Waals surface area contributed by atoms with Gasteiger partial charge in [0.2, 0.25) is 0 Å². The van der Waals surface area contributed by atoms with E-state index in [1.807, 2.05) is 43.4 Å². The van der Waals surface area contributed by atoms with Gasteiger partial charge in [0, 0.05) is 36.2 Å². The molecule has 1 amide bonds. The van der Waals surface area contributed by atoms with Crippen LogP contribution in [0.4, 0.5) is 0 Å². The van der Waals surface area contributed by atoms with Gasteiger partial charge in [-0.2, -0.15) is 0 Å². The van der Waals surface area contributed by atoms with Gasteiger partial charge in [-0.25, -0.2) is 4.98 Å². The predicted octanol–water partition coefficient (Wildman–Crippen LogP) is 5.45. The quantitative estimate of drug-likeness (QED) is 0.449. The number of thiophene rings is 1. The molecule has 0 atom stereocenters. The monoisotopic (exact) mass is 411 g/mol. The molecule has 3 aromatic heterocycles. The van der Waals surface area contributed by atoms with Crippen LogP contribution in [0, 0.1) is 0 Å². The number of carbonyl (C=O) groups excluding carboxylic acids is 1. The summed E-state index contributed by atoms with van der Waals surface area (Å²) >= 11 is 1.72. The Bertz CT molecular complexity index is 1250. The lowest BCUT2D eigenvalue weighted by Gasteiger charge is -2.20. The zero-order valence-electron chi connectivity index (χ0n) is 16.7. The summed E-state index contributed by atoms with van der Waals surface area (Å²) in [6, 6.07) is 16.0. The number of carbonyl (C=O) groups is 1. The van der Waals surface area contributed by atoms with Crippen molar-refractivity contribution in [3.8, 4) is 0 Å². The minimum absolute atomic E-state index is 0.0408. The lowest BCUT2D eigenvalue weighted by molar-refractivity contribution is 0.0786. The third-order valence-electron chi connectivity index (χ3n) is 5.53. The third kappa shape index (κ3) is 3.42. The van der Waals surface area contributed by atoms with Crippen LogP contribution in [0.25, 0.3) is 22.6 Å². The van der Waals surface area contributed by atoms with Crippen LogP contribution in [0.2, 0.25) is 0 Å². The normalized spacial score (nSPS) is 14.2. The van der Waals surface area contributed by atoms with E-state index in [1.54, 1.807) is 28.6 Å². The number of para-hydroxylation sites is 1. The Balaban J connectivity index is 1.60. The molecule has 0 fully saturated rings. The van der Waals surface area contributed by atoms with Gasteiger partial charge in [-0.15, -0.1) is 11.3 Å². The Morgan fingerprint density at radius 3 is 2.73 bits per heavy atom. The first kappa shape index (κ1) is 18.7. The van der Waals surface area contributed by atoms with Crippen molar-refractivity contribution in [2.24, 2.45) is 0 Å². The first-order valence-corrected chi connectivity index (χ1v) is 10.9. The van der Waals surface area contributed by atoms with Crippen LogP contribution in [0.1, 0.15) is 38.5 Å². The number of pyridine rings is 2. The Morgan fingerprint density at radius 1 is 1.10 bits per heavy atom. The number of nitrogens with zero attached hydrogens (tertiary/aromatic N) is 3. The number of amides is 1. The molecular weight excluding hydrogens is 390 g/mol. The first-order valence-electron chi connectivity index (χ1n) is 10.0. The van der Waals surface area contributed by atoms with E-state index in [0.29, 0.717) is 6.54 Å². The topological polar surface area (TPSA) is 46.1 Å². The molecule has 4 aromatic rings. The van der Waals surface area contributed by atoms with Gasteiger partial charge < -0.3 is 4.90 Å². The molecule has 0 aliphatic heterocycles. The summed E-state index contributed by atoms with van der Waals surface area (Å²) in [6.45, 7) is 0.546. The molecule has 3 heterocycles. The lowest BCUT2D eigenvalue weighted by atomic mass is 9.99. The molecule has 0 saturated heterocycles. The van der Waals surface area contributed by atoms with Gasteiger partial charge in [0.1, 0.15) is 0 Å². The fourth-order valence-corrected chi connectivity index (χ4v) is 4.77. The highest BCUT2D eigenvalue weighted by Crippen LogP contribution is 2.38. The fourth-order valence-electron chi connectivity index (χ4n) is 4.09. The van der Waals surface area contributed by atoms with Crippen LogP contribution in [0.15, 0.2) is 66.3 Å². The molecule has 0 spiro atoms. The van der Waals surface area contributed by atoms with Gasteiger partial charge in [0.05, 0.1) is 16.8 Å². The molecule has 148 valence electrons. The van der Waals surface area contributed by atoms with Crippen molar-refractivity contribution in [3.63, 3.8) is 0 Å². The molecule has 5 rings (SSSR count). The molecule has 1 aromatic carbocycles. The largest absolute Gasteiger partial charge is 0.337 e. The second kappa shape index (κ2) is 7.84. The van der Waals surface area contributed by atoms with Crippen molar-refractivity contribution in [2.75, 3.05) is 7.05 Å². The van der Waals surface area contributed by atoms with E-state index in [1.165, 1.54) is 10.5 Å². The van der Waals surface area contributed by atoms with E-state index in [0.717, 1.165) is 46.1 Å². The average molecular weight is 412 g/mol. The van der Waals surface area contributed by atoms with Crippen molar-refractivity contribution >= 4 is 39.8 Å². The molecule has 5 heteroatoms. The zero-order chi connectivity index (χ0) is 20.5. The van der Waals surface area contributed by atoms with Crippen molar-refractivity contribution in [2.45, 2.75) is 19.4 Å². The number of aromatic nitrogens is 2. The number of benzene rings is 1. The summed E-state index contributed by atoms with van der Waals surface area (Å²) in [5.41, 5.74) is 5.99. The van der Waals surface area contributed by atoms with Crippen molar-refractivity contribution < 1.29 is 4.79 Å². The Kier molecular flexibility index (Phi) is 4.89. The first-order chi connectivity index (χ1) is 14.7. The van der Waals surface area contributed by atoms with Crippen molar-refractivity contribution in [1.29, 1.82) is 0 Å². The molecule has 0 N–H and O–H groups in total. The lowest BCUT2D eigenvalue weighted by Crippen LogP contribution is -2.27. The van der Waals surface area contributed by atoms with Gasteiger partial charge in [-0.3, -0.25) is 9.78 Å². The second-order valence-corrected chi connectivity index (χ2v) is 8.51. The summed E-state index contributed by atoms with van der Waals surface area (Å²) < 4.78 is 0. The summed E-state index contributed by atoms with van der Waals surface area (Å²) in [4.78, 5) is 25.6. The highest BCUT2D eigenvalue weighted by Gasteiger charge is 2.28. The van der Waals surface area contributed by atoms with E-state index < -0.39 is 0 Å². The van der Waals surface area contributed by atoms with Crippen LogP contribution in [-0.4, -0.2) is 27.8 Å². The van der Waals surface area contributed by atoms with Gasteiger partial charge in [-0.1, -0.05) is 24.3 Å². The number of allylic oxidation sites excluding steroid dienone is 1. The summed E-state index contributed by atoms with van der Waals surface area (Å²) in [6.07, 6.45) is 7.48. The molecule has 4 nitrogen and oxygen atoms in total. The smallest absolute Gasteiger partial charge is 0.254 e. The van der Waals surface area contributed by atoms with Crippen LogP contribution in [0.3, 0.4) is 0 Å². The Morgan fingerprint density at radius 2 is 1.93 bits per heavy atom. The van der Waals surface area contributed by atoms with E-state index >= 15 is 0 Å². The average Bonchev–Trinajstić information content (AvgIpc) is 3.43. The van der Waals surface area contributed by atoms with Crippen molar-refractivity contribution in [3.05, 3.63) is 93.6 Å². The van der Waals surface area contributed by atoms with Gasteiger partial charge >= 0.3 is 0 Å². The second-order valence-electron chi connectivity index (χ2n) is 7.53. The minimum atomic E-state index is 0.0408. The molecule has 30 heavy (non-hydrogen) atoms. The third-order valence-corrected chi connectivity index (χ3v) is 6.35. The SMILES string of the molecule is CN(Cc1ccncc1)C(=O)c1c2c(nc3ccccc13)/C(=C/c1cccs1)CC2. The molecule has 0 radical (unpaired) electrons. The number of fused-ring (bicyclic) bond motifs is 2. The molecule has 0 unspecified atom stereocenters. The fraction of sp³-hybridized carbons (Fsp3) is 0.160. The van der Waals surface area contributed by atoms with E-state index in [4.69, 9.17) is 4.98 Å². The summed E-state index contributed by atoms with van der Waals surface area (Å²) in [5.74, 6) is 0.0408. The predicted molar refractivity (Wildman–Crippen MR) is 122 cm³/mol. The summed E-state index contributed by atoms with van der Waals surface area (Å²) in [5, 5.41) is 3.01. The number of hydrogen-bond acceptors (Lipinski definition) is 4. The Labute approximate surface area is 179 Å². The van der Waals surface area contributed by atoms with Crippen LogP contribution >= 0.6 is 11.3 Å². The van der Waals surface area contributed by atoms with Crippen LogP contribution in [0.5, 0.6) is 0 Å². The molecule has 1 aliphatic carbocycles. The number of hydrogen-bond donors (Lipinski definition) is 0. The maximum absolute atomic E-state index is 13.6. The van der Waals surface area contributed by atoms with E-state index in [-0.39, 0.29) is 5.91 Å². The van der Waals surface area contributed by atoms with E-state index in [2.05, 4.69) is 28.6 Å². The zero-order valence-corrected chi connectivity index (χ0v) is 17.5. The van der Waals surface area contributed by atoms with Crippen LogP contribution in [-0.2, 0) is 13.0 Å². The Hall–Kier alpha value is -3.31. The molecular formula is C25H21N3OS. The van der Waals surface area contributed by atoms with Gasteiger partial charge in [0.25, 0.3) is 5.91 Å². The maximum atomic E-state index is 13.6.